The van der Waals surface area contributed by atoms with Crippen molar-refractivity contribution in [1.29, 1.82) is 10.5 Å². The monoisotopic (exact) mass is 892 g/mol. The third-order valence-corrected chi connectivity index (χ3v) is 12.7. The van der Waals surface area contributed by atoms with Crippen molar-refractivity contribution in [2.45, 2.75) is 23.6 Å². The maximum atomic E-state index is 14.2. The maximum Gasteiger partial charge on any atom is 0.310 e. The second-order valence-corrected chi connectivity index (χ2v) is 19.7. The van der Waals surface area contributed by atoms with Crippen molar-refractivity contribution in [3.05, 3.63) is 168 Å². The average Bonchev–Trinajstić information content (AvgIpc) is 3.73. The third-order valence-electron chi connectivity index (χ3n) is 10.4. The van der Waals surface area contributed by atoms with Crippen LogP contribution < -0.4 is 0 Å². The summed E-state index contributed by atoms with van der Waals surface area (Å²) in [7, 11) is -20.4. The summed E-state index contributed by atoms with van der Waals surface area (Å²) in [6, 6.07) is 35.2. The number of benzene rings is 6. The van der Waals surface area contributed by atoms with E-state index in [1.54, 1.807) is 81.9 Å². The molecule has 4 nitrogen and oxygen atoms in total. The number of hydrogen-bond acceptors (Lipinski definition) is 2. The van der Waals surface area contributed by atoms with Gasteiger partial charge in [-0.1, -0.05) is 123 Å². The molecule has 0 aliphatic heterocycles. The van der Waals surface area contributed by atoms with E-state index in [1.165, 1.54) is 24.3 Å². The van der Waals surface area contributed by atoms with Crippen LogP contribution in [0.4, 0.5) is 38.9 Å². The first kappa shape index (κ1) is 41.8. The molecule has 0 spiro atoms. The minimum absolute atomic E-state index is 0.0193. The van der Waals surface area contributed by atoms with Crippen LogP contribution in [0.1, 0.15) is 22.3 Å². The fraction of sp³-hybridized carbons (Fsp3) is 0.0435. The van der Waals surface area contributed by atoms with E-state index in [9.17, 15) is 49.4 Å². The second-order valence-electron chi connectivity index (χ2n) is 14.9. The molecule has 2 aromatic heterocycles. The highest BCUT2D eigenvalue weighted by Gasteiger charge is 2.66. The predicted octanol–water partition coefficient (Wildman–Crippen LogP) is 16.8. The van der Waals surface area contributed by atoms with Crippen LogP contribution in [0, 0.1) is 36.5 Å². The third kappa shape index (κ3) is 7.67. The molecule has 0 saturated carbocycles. The van der Waals surface area contributed by atoms with Gasteiger partial charge in [-0.25, -0.2) is 0 Å². The van der Waals surface area contributed by atoms with Crippen LogP contribution in [0.25, 0.3) is 67.2 Å². The van der Waals surface area contributed by atoms with Crippen LogP contribution >= 0.6 is 20.4 Å². The topological polar surface area (TPSA) is 57.4 Å². The highest BCUT2D eigenvalue weighted by molar-refractivity contribution is 8.46. The Morgan fingerprint density at radius 2 is 0.645 bits per heavy atom. The Balaban J connectivity index is 1.66. The average molecular weight is 893 g/mol. The summed E-state index contributed by atoms with van der Waals surface area (Å²) < 4.78 is 145. The molecule has 0 atom stereocenters. The van der Waals surface area contributed by atoms with Crippen LogP contribution in [-0.4, -0.2) is 9.13 Å². The number of hydrogen-bond donors (Lipinski definition) is 0. The number of nitriles is 2. The molecule has 0 bridgehead atoms. The molecular weight excluding hydrogens is 863 g/mol. The van der Waals surface area contributed by atoms with E-state index < -0.39 is 30.2 Å². The van der Waals surface area contributed by atoms with Gasteiger partial charge in [0, 0.05) is 22.5 Å². The fourth-order valence-corrected chi connectivity index (χ4v) is 8.81. The van der Waals surface area contributed by atoms with Crippen molar-refractivity contribution < 1.29 is 38.9 Å². The van der Waals surface area contributed by atoms with Crippen molar-refractivity contribution in [2.75, 3.05) is 0 Å². The van der Waals surface area contributed by atoms with Gasteiger partial charge in [0.2, 0.25) is 0 Å². The lowest BCUT2D eigenvalue weighted by atomic mass is 9.99. The summed E-state index contributed by atoms with van der Waals surface area (Å²) in [5.41, 5.74) is 5.26. The molecule has 6 aromatic carbocycles. The Morgan fingerprint density at radius 3 is 0.903 bits per heavy atom. The van der Waals surface area contributed by atoms with E-state index in [0.717, 1.165) is 35.4 Å². The summed E-state index contributed by atoms with van der Waals surface area (Å²) in [4.78, 5) is -4.28. The molecule has 0 saturated heterocycles. The van der Waals surface area contributed by atoms with E-state index in [0.29, 0.717) is 22.5 Å². The van der Waals surface area contributed by atoms with Gasteiger partial charge in [0.15, 0.2) is 0 Å². The zero-order valence-corrected chi connectivity index (χ0v) is 33.9. The number of rotatable bonds is 8. The Morgan fingerprint density at radius 1 is 0.371 bits per heavy atom. The molecular formula is C46H30F10N4S2. The molecule has 316 valence electrons. The summed E-state index contributed by atoms with van der Waals surface area (Å²) >= 11 is 0. The van der Waals surface area contributed by atoms with Gasteiger partial charge in [-0.05, 0) is 109 Å². The van der Waals surface area contributed by atoms with Crippen LogP contribution in [0.5, 0.6) is 0 Å². The van der Waals surface area contributed by atoms with Gasteiger partial charge >= 0.3 is 20.4 Å². The smallest absolute Gasteiger partial charge is 0.306 e. The second kappa shape index (κ2) is 12.8. The van der Waals surface area contributed by atoms with E-state index >= 15 is 0 Å². The van der Waals surface area contributed by atoms with Gasteiger partial charge in [0.25, 0.3) is 0 Å². The van der Waals surface area contributed by atoms with Crippen LogP contribution in [-0.2, 0) is 0 Å². The molecule has 0 aliphatic rings. The molecule has 8 rings (SSSR count). The van der Waals surface area contributed by atoms with Gasteiger partial charge in [0.05, 0.1) is 45.7 Å². The van der Waals surface area contributed by atoms with Gasteiger partial charge in [0.1, 0.15) is 9.79 Å². The zero-order valence-electron chi connectivity index (χ0n) is 32.2. The summed E-state index contributed by atoms with van der Waals surface area (Å²) in [6.45, 7) is 3.65. The van der Waals surface area contributed by atoms with Crippen molar-refractivity contribution in [2.24, 2.45) is 0 Å². The Labute approximate surface area is 348 Å². The fourth-order valence-electron chi connectivity index (χ4n) is 7.50. The highest BCUT2D eigenvalue weighted by atomic mass is 32.5. The highest BCUT2D eigenvalue weighted by Crippen LogP contribution is 3.02. The molecule has 0 amide bonds. The minimum Gasteiger partial charge on any atom is -0.306 e. The number of fused-ring (bicyclic) bond motifs is 1. The molecule has 62 heavy (non-hydrogen) atoms. The molecule has 0 radical (unpaired) electrons. The SMILES string of the molecule is Cc1ccc(-n2c(-c3ccc(C#N)cc3)c(-c3ccc(S(F)(F)(F)(F)F)cc3)c3c2c(-c2ccc(S(F)(F)(F)(F)F)cc2)c(-c2ccc(C#N)cc2)n3-c2ccc(C)cc2)cc1. The Bertz CT molecular complexity index is 2950. The van der Waals surface area contributed by atoms with Gasteiger partial charge in [-0.15, -0.1) is 0 Å². The first-order valence-electron chi connectivity index (χ1n) is 18.4. The zero-order chi connectivity index (χ0) is 44.7. The van der Waals surface area contributed by atoms with E-state index in [-0.39, 0.29) is 80.1 Å². The van der Waals surface area contributed by atoms with Gasteiger partial charge in [-0.2, -0.15) is 10.5 Å². The Hall–Kier alpha value is -6.88. The number of halogens is 10. The largest absolute Gasteiger partial charge is 0.310 e. The maximum absolute atomic E-state index is 14.2. The van der Waals surface area contributed by atoms with Crippen molar-refractivity contribution >= 4 is 31.5 Å². The standard InChI is InChI=1S/C46H30F10N4S2/c1-29-3-19-37(20-4-29)59-43(35-11-7-31(27-57)8-12-35)41(33-15-23-39(24-16-33)61(47,48,49,50)51)46-45(59)42(34-17-25-40(26-18-34)62(52,53,54,55)56)44(36-13-9-32(28-58)10-14-36)60(46)38-21-5-30(2)6-22-38/h3-26H,1-2H3. The molecule has 0 N–H and O–H groups in total. The Kier molecular flexibility index (Phi) is 8.65. The number of nitrogens with zero attached hydrogens (tertiary/aromatic N) is 4. The molecule has 2 heterocycles. The van der Waals surface area contributed by atoms with E-state index in [2.05, 4.69) is 0 Å². The lowest BCUT2D eigenvalue weighted by molar-refractivity contribution is 0.360. The van der Waals surface area contributed by atoms with Gasteiger partial charge in [-0.3, -0.25) is 0 Å². The summed E-state index contributed by atoms with van der Waals surface area (Å²) in [5, 5.41) is 19.4. The minimum atomic E-state index is -10.2. The number of aryl methyl sites for hydroxylation is 2. The first-order chi connectivity index (χ1) is 28.7. The van der Waals surface area contributed by atoms with Crippen molar-refractivity contribution in [1.82, 2.24) is 9.13 Å². The molecule has 0 unspecified atom stereocenters. The quantitative estimate of drug-likeness (QED) is 0.143. The van der Waals surface area contributed by atoms with Crippen LogP contribution in [0.2, 0.25) is 0 Å². The van der Waals surface area contributed by atoms with Crippen LogP contribution in [0.15, 0.2) is 155 Å². The lowest BCUT2D eigenvalue weighted by Gasteiger charge is -2.40. The lowest BCUT2D eigenvalue weighted by Crippen LogP contribution is -2.06. The number of aromatic nitrogens is 2. The molecule has 0 aliphatic carbocycles. The first-order valence-corrected chi connectivity index (χ1v) is 22.3. The summed E-state index contributed by atoms with van der Waals surface area (Å²) in [6.07, 6.45) is 0. The predicted molar refractivity (Wildman–Crippen MR) is 226 cm³/mol. The normalized spacial score (nSPS) is 14.3. The summed E-state index contributed by atoms with van der Waals surface area (Å²) in [5.74, 6) is 0. The molecule has 16 heteroatoms. The van der Waals surface area contributed by atoms with Gasteiger partial charge < -0.3 is 9.13 Å². The van der Waals surface area contributed by atoms with E-state index in [4.69, 9.17) is 0 Å². The molecule has 0 fully saturated rings. The van der Waals surface area contributed by atoms with Crippen molar-refractivity contribution in [3.63, 3.8) is 0 Å². The van der Waals surface area contributed by atoms with E-state index in [1.807, 2.05) is 26.0 Å². The molecule has 8 aromatic rings. The van der Waals surface area contributed by atoms with Crippen LogP contribution in [0.3, 0.4) is 0 Å². The van der Waals surface area contributed by atoms with Crippen molar-refractivity contribution in [3.8, 4) is 68.3 Å².